The Morgan fingerprint density at radius 1 is 1.12 bits per heavy atom. The van der Waals surface area contributed by atoms with Gasteiger partial charge in [-0.1, -0.05) is 30.3 Å². The molecule has 2 rings (SSSR count). The zero-order chi connectivity index (χ0) is 17.6. The Morgan fingerprint density at radius 2 is 1.83 bits per heavy atom. The minimum atomic E-state index is -3.68. The number of ether oxygens (including phenoxy) is 1. The minimum absolute atomic E-state index is 0.160. The number of methoxy groups -OCH3 is 1. The van der Waals surface area contributed by atoms with Gasteiger partial charge >= 0.3 is 0 Å². The molecule has 0 spiro atoms. The van der Waals surface area contributed by atoms with Gasteiger partial charge in [0.25, 0.3) is 0 Å². The van der Waals surface area contributed by atoms with Gasteiger partial charge in [0.1, 0.15) is 5.75 Å². The topological polar surface area (TPSA) is 75.7 Å². The maximum absolute atomic E-state index is 12.4. The molecule has 128 valence electrons. The van der Waals surface area contributed by atoms with E-state index >= 15 is 0 Å². The SMILES string of the molecule is COc1cccc(CNC(=O)CN(C)S(=O)(=O)c2ccccc2)c1. The summed E-state index contributed by atoms with van der Waals surface area (Å²) in [6.07, 6.45) is 0. The highest BCUT2D eigenvalue weighted by molar-refractivity contribution is 7.89. The van der Waals surface area contributed by atoms with Gasteiger partial charge in [0, 0.05) is 13.6 Å². The molecule has 0 aliphatic carbocycles. The molecular formula is C17H20N2O4S. The van der Waals surface area contributed by atoms with Crippen LogP contribution in [-0.2, 0) is 21.4 Å². The minimum Gasteiger partial charge on any atom is -0.497 e. The van der Waals surface area contributed by atoms with Crippen LogP contribution >= 0.6 is 0 Å². The smallest absolute Gasteiger partial charge is 0.243 e. The lowest BCUT2D eigenvalue weighted by Gasteiger charge is -2.17. The summed E-state index contributed by atoms with van der Waals surface area (Å²) in [4.78, 5) is 12.2. The molecule has 0 aliphatic rings. The van der Waals surface area contributed by atoms with Crippen LogP contribution < -0.4 is 10.1 Å². The first-order valence-corrected chi connectivity index (χ1v) is 8.78. The van der Waals surface area contributed by atoms with Gasteiger partial charge < -0.3 is 10.1 Å². The zero-order valence-corrected chi connectivity index (χ0v) is 14.4. The average Bonchev–Trinajstić information content (AvgIpc) is 2.60. The third kappa shape index (κ3) is 4.56. The van der Waals surface area contributed by atoms with Crippen LogP contribution in [0.3, 0.4) is 0 Å². The number of nitrogens with zero attached hydrogens (tertiary/aromatic N) is 1. The summed E-state index contributed by atoms with van der Waals surface area (Å²) in [6.45, 7) is 0.0520. The second-order valence-electron chi connectivity index (χ2n) is 5.20. The van der Waals surface area contributed by atoms with Crippen molar-refractivity contribution in [1.82, 2.24) is 9.62 Å². The zero-order valence-electron chi connectivity index (χ0n) is 13.6. The third-order valence-corrected chi connectivity index (χ3v) is 5.26. The van der Waals surface area contributed by atoms with Crippen molar-refractivity contribution < 1.29 is 17.9 Å². The molecule has 1 N–H and O–H groups in total. The standard InChI is InChI=1S/C17H20N2O4S/c1-19(24(21,22)16-9-4-3-5-10-16)13-17(20)18-12-14-7-6-8-15(11-14)23-2/h3-11H,12-13H2,1-2H3,(H,18,20). The fourth-order valence-electron chi connectivity index (χ4n) is 2.10. The highest BCUT2D eigenvalue weighted by Gasteiger charge is 2.22. The molecule has 0 atom stereocenters. The molecule has 1 amide bonds. The highest BCUT2D eigenvalue weighted by atomic mass is 32.2. The number of amides is 1. The third-order valence-electron chi connectivity index (χ3n) is 3.44. The molecule has 6 nitrogen and oxygen atoms in total. The molecule has 0 saturated heterocycles. The number of rotatable bonds is 7. The molecule has 0 saturated carbocycles. The Kier molecular flexibility index (Phi) is 5.94. The van der Waals surface area contributed by atoms with E-state index < -0.39 is 10.0 Å². The molecule has 2 aromatic carbocycles. The maximum atomic E-state index is 12.4. The summed E-state index contributed by atoms with van der Waals surface area (Å²) < 4.78 is 30.9. The summed E-state index contributed by atoms with van der Waals surface area (Å²) in [5, 5.41) is 2.70. The largest absolute Gasteiger partial charge is 0.497 e. The quantitative estimate of drug-likeness (QED) is 0.825. The van der Waals surface area contributed by atoms with E-state index in [-0.39, 0.29) is 17.3 Å². The van der Waals surface area contributed by atoms with Crippen molar-refractivity contribution >= 4 is 15.9 Å². The van der Waals surface area contributed by atoms with Crippen molar-refractivity contribution in [1.29, 1.82) is 0 Å². The monoisotopic (exact) mass is 348 g/mol. The highest BCUT2D eigenvalue weighted by Crippen LogP contribution is 2.14. The van der Waals surface area contributed by atoms with E-state index in [4.69, 9.17) is 4.74 Å². The van der Waals surface area contributed by atoms with Gasteiger partial charge in [-0.05, 0) is 29.8 Å². The lowest BCUT2D eigenvalue weighted by atomic mass is 10.2. The second-order valence-corrected chi connectivity index (χ2v) is 7.25. The number of carbonyl (C=O) groups excluding carboxylic acids is 1. The van der Waals surface area contributed by atoms with Gasteiger partial charge in [0.2, 0.25) is 15.9 Å². The van der Waals surface area contributed by atoms with Crippen LogP contribution in [-0.4, -0.2) is 39.3 Å². The van der Waals surface area contributed by atoms with Crippen LogP contribution in [0.15, 0.2) is 59.5 Å². The van der Waals surface area contributed by atoms with E-state index in [0.717, 1.165) is 9.87 Å². The first-order valence-electron chi connectivity index (χ1n) is 7.34. The van der Waals surface area contributed by atoms with Gasteiger partial charge in [-0.3, -0.25) is 4.79 Å². The first kappa shape index (κ1) is 18.0. The molecule has 0 fully saturated rings. The molecule has 0 heterocycles. The van der Waals surface area contributed by atoms with Gasteiger partial charge in [0.15, 0.2) is 0 Å². The number of carbonyl (C=O) groups is 1. The van der Waals surface area contributed by atoms with Crippen molar-refractivity contribution in [2.45, 2.75) is 11.4 Å². The summed E-state index contributed by atoms with van der Waals surface area (Å²) in [5.74, 6) is 0.324. The molecule has 2 aromatic rings. The normalized spacial score (nSPS) is 11.3. The molecule has 0 radical (unpaired) electrons. The van der Waals surface area contributed by atoms with Gasteiger partial charge in [-0.2, -0.15) is 4.31 Å². The molecule has 7 heteroatoms. The summed E-state index contributed by atoms with van der Waals surface area (Å²) in [5.41, 5.74) is 0.872. The molecule has 0 unspecified atom stereocenters. The molecule has 24 heavy (non-hydrogen) atoms. The van der Waals surface area contributed by atoms with Gasteiger partial charge in [0.05, 0.1) is 18.6 Å². The van der Waals surface area contributed by atoms with Crippen molar-refractivity contribution in [2.75, 3.05) is 20.7 Å². The fraction of sp³-hybridized carbons (Fsp3) is 0.235. The van der Waals surface area contributed by atoms with Gasteiger partial charge in [-0.15, -0.1) is 0 Å². The predicted molar refractivity (Wildman–Crippen MR) is 91.1 cm³/mol. The predicted octanol–water partition coefficient (Wildman–Crippen LogP) is 1.63. The number of hydrogen-bond donors (Lipinski definition) is 1. The Balaban J connectivity index is 1.94. The van der Waals surface area contributed by atoms with Crippen molar-refractivity contribution in [2.24, 2.45) is 0 Å². The fourth-order valence-corrected chi connectivity index (χ4v) is 3.25. The number of nitrogens with one attached hydrogen (secondary N) is 1. The van der Waals surface area contributed by atoms with Crippen molar-refractivity contribution in [3.63, 3.8) is 0 Å². The van der Waals surface area contributed by atoms with Crippen LogP contribution in [0.25, 0.3) is 0 Å². The van der Waals surface area contributed by atoms with E-state index in [9.17, 15) is 13.2 Å². The Labute approximate surface area is 142 Å². The van der Waals surface area contributed by atoms with E-state index in [0.29, 0.717) is 12.3 Å². The first-order chi connectivity index (χ1) is 11.4. The summed E-state index contributed by atoms with van der Waals surface area (Å²) in [6, 6.07) is 15.3. The van der Waals surface area contributed by atoms with E-state index in [2.05, 4.69) is 5.32 Å². The lowest BCUT2D eigenvalue weighted by Crippen LogP contribution is -2.38. The Morgan fingerprint density at radius 3 is 2.50 bits per heavy atom. The van der Waals surface area contributed by atoms with Gasteiger partial charge in [-0.25, -0.2) is 8.42 Å². The van der Waals surface area contributed by atoms with Crippen molar-refractivity contribution in [3.05, 3.63) is 60.2 Å². The Bertz CT molecular complexity index is 791. The maximum Gasteiger partial charge on any atom is 0.243 e. The summed E-state index contributed by atoms with van der Waals surface area (Å²) >= 11 is 0. The number of hydrogen-bond acceptors (Lipinski definition) is 4. The van der Waals surface area contributed by atoms with Crippen LogP contribution in [0.5, 0.6) is 5.75 Å². The lowest BCUT2D eigenvalue weighted by molar-refractivity contribution is -0.121. The molecular weight excluding hydrogens is 328 g/mol. The van der Waals surface area contributed by atoms with Crippen LogP contribution in [0.4, 0.5) is 0 Å². The van der Waals surface area contributed by atoms with E-state index in [1.165, 1.54) is 19.2 Å². The Hall–Kier alpha value is -2.38. The van der Waals surface area contributed by atoms with Crippen molar-refractivity contribution in [3.8, 4) is 5.75 Å². The average molecular weight is 348 g/mol. The summed E-state index contributed by atoms with van der Waals surface area (Å²) in [7, 11) is -0.722. The van der Waals surface area contributed by atoms with E-state index in [1.54, 1.807) is 25.3 Å². The number of likely N-dealkylation sites (N-methyl/N-ethyl adjacent to an activating group) is 1. The molecule has 0 bridgehead atoms. The number of benzene rings is 2. The molecule has 0 aliphatic heterocycles. The number of sulfonamides is 1. The molecule has 0 aromatic heterocycles. The van der Waals surface area contributed by atoms with E-state index in [1.807, 2.05) is 24.3 Å². The van der Waals surface area contributed by atoms with Crippen LogP contribution in [0, 0.1) is 0 Å². The van der Waals surface area contributed by atoms with Crippen LogP contribution in [0.2, 0.25) is 0 Å². The second kappa shape index (κ2) is 7.94. The van der Waals surface area contributed by atoms with Crippen LogP contribution in [0.1, 0.15) is 5.56 Å².